The number of nitrogens with zero attached hydrogens (tertiary/aromatic N) is 1. The number of rotatable bonds is 2. The molecule has 1 heterocycles. The molecule has 0 atom stereocenters. The Morgan fingerprint density at radius 1 is 1.27 bits per heavy atom. The molecule has 22 heavy (non-hydrogen) atoms. The van der Waals surface area contributed by atoms with Gasteiger partial charge in [0.05, 0.1) is 23.2 Å². The molecular formula is C14H17BClNO5. The fraction of sp³-hybridized carbons (Fsp3) is 0.357. The van der Waals surface area contributed by atoms with Crippen LogP contribution in [-0.4, -0.2) is 40.5 Å². The number of carbonyl (C=O) groups is 1. The number of carbonyl (C=O) groups excluding carboxylic acids is 1. The molecule has 0 aliphatic carbocycles. The molecule has 0 saturated heterocycles. The minimum atomic E-state index is -1.83. The zero-order valence-electron chi connectivity index (χ0n) is 12.8. The van der Waals surface area contributed by atoms with Gasteiger partial charge in [-0.05, 0) is 39.0 Å². The lowest BCUT2D eigenvalue weighted by atomic mass is 9.86. The Bertz CT molecular complexity index is 720. The van der Waals surface area contributed by atoms with Crippen LogP contribution >= 0.6 is 11.6 Å². The van der Waals surface area contributed by atoms with E-state index in [2.05, 4.69) is 0 Å². The SMILES string of the molecule is COc1cc2cc(B(O)O)n(C(=O)OC(C)(C)C)c2cc1Cl. The molecule has 1 aromatic heterocycles. The molecule has 0 amide bonds. The van der Waals surface area contributed by atoms with E-state index < -0.39 is 18.8 Å². The molecule has 2 rings (SSSR count). The summed E-state index contributed by atoms with van der Waals surface area (Å²) in [7, 11) is -0.357. The first-order valence-electron chi connectivity index (χ1n) is 6.62. The van der Waals surface area contributed by atoms with Crippen LogP contribution in [0, 0.1) is 0 Å². The number of ether oxygens (including phenoxy) is 2. The van der Waals surface area contributed by atoms with Gasteiger partial charge in [0.25, 0.3) is 0 Å². The van der Waals surface area contributed by atoms with E-state index in [1.54, 1.807) is 26.8 Å². The monoisotopic (exact) mass is 325 g/mol. The summed E-state index contributed by atoms with van der Waals surface area (Å²) < 4.78 is 11.5. The van der Waals surface area contributed by atoms with Crippen LogP contribution in [0.1, 0.15) is 20.8 Å². The van der Waals surface area contributed by atoms with Gasteiger partial charge in [0.15, 0.2) is 0 Å². The number of benzene rings is 1. The van der Waals surface area contributed by atoms with Crippen LogP contribution < -0.4 is 10.3 Å². The first-order chi connectivity index (χ1) is 10.1. The normalized spacial score (nSPS) is 11.6. The molecule has 118 valence electrons. The Kier molecular flexibility index (Phi) is 4.42. The first kappa shape index (κ1) is 16.7. The van der Waals surface area contributed by atoms with Crippen molar-refractivity contribution < 1.29 is 24.3 Å². The minimum Gasteiger partial charge on any atom is -0.495 e. The molecule has 0 aliphatic heterocycles. The highest BCUT2D eigenvalue weighted by Crippen LogP contribution is 2.30. The van der Waals surface area contributed by atoms with Crippen LogP contribution in [0.4, 0.5) is 4.79 Å². The van der Waals surface area contributed by atoms with Gasteiger partial charge in [0.2, 0.25) is 0 Å². The topological polar surface area (TPSA) is 80.9 Å². The van der Waals surface area contributed by atoms with Crippen LogP contribution in [0.3, 0.4) is 0 Å². The van der Waals surface area contributed by atoms with Crippen LogP contribution in [0.2, 0.25) is 5.02 Å². The van der Waals surface area contributed by atoms with E-state index in [9.17, 15) is 14.8 Å². The maximum atomic E-state index is 12.4. The van der Waals surface area contributed by atoms with E-state index in [-0.39, 0.29) is 5.59 Å². The van der Waals surface area contributed by atoms with Gasteiger partial charge in [-0.25, -0.2) is 4.79 Å². The summed E-state index contributed by atoms with van der Waals surface area (Å²) >= 11 is 6.09. The molecule has 0 saturated carbocycles. The standard InChI is InChI=1S/C14H17BClNO5/c1-14(2,3)22-13(18)17-10-7-9(16)11(21-4)5-8(10)6-12(17)15(19)20/h5-7,19-20H,1-4H3. The van der Waals surface area contributed by atoms with Crippen molar-refractivity contribution in [2.75, 3.05) is 7.11 Å². The molecule has 0 spiro atoms. The molecule has 2 aromatic rings. The minimum absolute atomic E-state index is 0.00595. The summed E-state index contributed by atoms with van der Waals surface area (Å²) in [4.78, 5) is 12.4. The van der Waals surface area contributed by atoms with Crippen molar-refractivity contribution in [1.29, 1.82) is 0 Å². The van der Waals surface area contributed by atoms with Crippen molar-refractivity contribution in [3.05, 3.63) is 23.2 Å². The van der Waals surface area contributed by atoms with Crippen molar-refractivity contribution in [3.8, 4) is 5.75 Å². The van der Waals surface area contributed by atoms with Crippen molar-refractivity contribution in [3.63, 3.8) is 0 Å². The molecule has 0 radical (unpaired) electrons. The summed E-state index contributed by atoms with van der Waals surface area (Å²) in [6, 6.07) is 4.61. The number of hydrogen-bond acceptors (Lipinski definition) is 5. The predicted octanol–water partition coefficient (Wildman–Crippen LogP) is 1.77. The summed E-state index contributed by atoms with van der Waals surface area (Å²) in [5.74, 6) is 0.425. The molecule has 2 N–H and O–H groups in total. The van der Waals surface area contributed by atoms with Gasteiger partial charge in [-0.15, -0.1) is 0 Å². The van der Waals surface area contributed by atoms with E-state index in [4.69, 9.17) is 21.1 Å². The van der Waals surface area contributed by atoms with Crippen LogP contribution in [-0.2, 0) is 4.74 Å². The Labute approximate surface area is 133 Å². The van der Waals surface area contributed by atoms with Crippen LogP contribution in [0.5, 0.6) is 5.75 Å². The maximum absolute atomic E-state index is 12.4. The Morgan fingerprint density at radius 2 is 1.91 bits per heavy atom. The number of aromatic nitrogens is 1. The molecular weight excluding hydrogens is 308 g/mol. The lowest BCUT2D eigenvalue weighted by molar-refractivity contribution is 0.0547. The molecule has 6 nitrogen and oxygen atoms in total. The number of halogens is 1. The van der Waals surface area contributed by atoms with Gasteiger partial charge in [0.1, 0.15) is 11.4 Å². The Hall–Kier alpha value is -1.70. The van der Waals surface area contributed by atoms with E-state index in [0.29, 0.717) is 21.7 Å². The lowest BCUT2D eigenvalue weighted by Gasteiger charge is -2.21. The largest absolute Gasteiger partial charge is 0.506 e. The van der Waals surface area contributed by atoms with Crippen molar-refractivity contribution in [2.45, 2.75) is 26.4 Å². The van der Waals surface area contributed by atoms with E-state index in [0.717, 1.165) is 4.57 Å². The molecule has 8 heteroatoms. The molecule has 0 bridgehead atoms. The molecule has 0 fully saturated rings. The summed E-state index contributed by atoms with van der Waals surface area (Å²) in [6.45, 7) is 5.17. The molecule has 0 unspecified atom stereocenters. The number of methoxy groups -OCH3 is 1. The Morgan fingerprint density at radius 3 is 2.41 bits per heavy atom. The van der Waals surface area contributed by atoms with Gasteiger partial charge in [-0.2, -0.15) is 0 Å². The van der Waals surface area contributed by atoms with Crippen molar-refractivity contribution in [2.24, 2.45) is 0 Å². The third kappa shape index (κ3) is 3.21. The zero-order valence-corrected chi connectivity index (χ0v) is 13.5. The van der Waals surface area contributed by atoms with E-state index in [1.807, 2.05) is 0 Å². The van der Waals surface area contributed by atoms with E-state index in [1.165, 1.54) is 19.2 Å². The lowest BCUT2D eigenvalue weighted by Crippen LogP contribution is -2.41. The Balaban J connectivity index is 2.66. The zero-order chi connectivity index (χ0) is 16.7. The summed E-state index contributed by atoms with van der Waals surface area (Å²) in [5, 5.41) is 19.9. The fourth-order valence-electron chi connectivity index (χ4n) is 2.09. The average Bonchev–Trinajstić information content (AvgIpc) is 2.74. The second-order valence-corrected chi connectivity index (χ2v) is 6.21. The third-order valence-electron chi connectivity index (χ3n) is 2.94. The number of fused-ring (bicyclic) bond motifs is 1. The second-order valence-electron chi connectivity index (χ2n) is 5.80. The highest BCUT2D eigenvalue weighted by molar-refractivity contribution is 6.59. The first-order valence-corrected chi connectivity index (χ1v) is 7.00. The predicted molar refractivity (Wildman–Crippen MR) is 85.0 cm³/mol. The van der Waals surface area contributed by atoms with Gasteiger partial charge in [-0.1, -0.05) is 11.6 Å². The third-order valence-corrected chi connectivity index (χ3v) is 3.24. The summed E-state index contributed by atoms with van der Waals surface area (Å²) in [6.07, 6.45) is -0.716. The van der Waals surface area contributed by atoms with Crippen LogP contribution in [0.25, 0.3) is 10.9 Å². The summed E-state index contributed by atoms with van der Waals surface area (Å²) in [5.41, 5.74) is -0.321. The van der Waals surface area contributed by atoms with Crippen LogP contribution in [0.15, 0.2) is 18.2 Å². The highest BCUT2D eigenvalue weighted by Gasteiger charge is 2.27. The van der Waals surface area contributed by atoms with E-state index >= 15 is 0 Å². The van der Waals surface area contributed by atoms with Crippen molar-refractivity contribution >= 4 is 41.3 Å². The maximum Gasteiger partial charge on any atom is 0.506 e. The quantitative estimate of drug-likeness (QED) is 0.823. The fourth-order valence-corrected chi connectivity index (χ4v) is 2.32. The average molecular weight is 326 g/mol. The molecule has 1 aromatic carbocycles. The number of hydrogen-bond donors (Lipinski definition) is 2. The smallest absolute Gasteiger partial charge is 0.495 e. The van der Waals surface area contributed by atoms with Gasteiger partial charge in [-0.3, -0.25) is 4.57 Å². The van der Waals surface area contributed by atoms with Gasteiger partial charge >= 0.3 is 13.2 Å². The van der Waals surface area contributed by atoms with Crippen molar-refractivity contribution in [1.82, 2.24) is 4.57 Å². The molecule has 0 aliphatic rings. The van der Waals surface area contributed by atoms with Gasteiger partial charge < -0.3 is 19.5 Å². The highest BCUT2D eigenvalue weighted by atomic mass is 35.5. The second kappa shape index (κ2) is 5.83. The van der Waals surface area contributed by atoms with Gasteiger partial charge in [0, 0.05) is 5.39 Å².